The van der Waals surface area contributed by atoms with Gasteiger partial charge in [0.1, 0.15) is 16.6 Å². The molecule has 1 aromatic heterocycles. The molecule has 2 rings (SSSR count). The van der Waals surface area contributed by atoms with Crippen molar-refractivity contribution in [3.63, 3.8) is 0 Å². The Morgan fingerprint density at radius 3 is 2.50 bits per heavy atom. The van der Waals surface area contributed by atoms with Crippen molar-refractivity contribution in [2.75, 3.05) is 5.73 Å². The molecule has 0 unspecified atom stereocenters. The van der Waals surface area contributed by atoms with E-state index in [4.69, 9.17) is 33.7 Å². The Morgan fingerprint density at radius 2 is 1.83 bits per heavy atom. The van der Waals surface area contributed by atoms with Crippen LogP contribution in [0.3, 0.4) is 0 Å². The molecular formula is C13H12Cl2N2O. The van der Waals surface area contributed by atoms with Crippen LogP contribution in [0.2, 0.25) is 10.0 Å². The molecule has 0 aliphatic rings. The number of aryl methyl sites for hydroxylation is 2. The fourth-order valence-electron chi connectivity index (χ4n) is 1.55. The van der Waals surface area contributed by atoms with Gasteiger partial charge in [0.2, 0.25) is 5.88 Å². The maximum atomic E-state index is 6.01. The third kappa shape index (κ3) is 2.68. The molecule has 0 spiro atoms. The summed E-state index contributed by atoms with van der Waals surface area (Å²) in [4.78, 5) is 4.02. The van der Waals surface area contributed by atoms with E-state index in [1.54, 1.807) is 0 Å². The van der Waals surface area contributed by atoms with Crippen LogP contribution >= 0.6 is 23.2 Å². The van der Waals surface area contributed by atoms with Gasteiger partial charge in [-0.2, -0.15) is 4.98 Å². The number of nitrogens with two attached hydrogens (primary N) is 1. The predicted molar refractivity (Wildman–Crippen MR) is 74.7 cm³/mol. The lowest BCUT2D eigenvalue weighted by Crippen LogP contribution is -1.96. The molecule has 0 atom stereocenters. The Labute approximate surface area is 115 Å². The van der Waals surface area contributed by atoms with Crippen LogP contribution in [0, 0.1) is 13.8 Å². The third-order valence-corrected chi connectivity index (χ3v) is 3.04. The van der Waals surface area contributed by atoms with E-state index in [1.807, 2.05) is 32.0 Å². The fourth-order valence-corrected chi connectivity index (χ4v) is 1.95. The van der Waals surface area contributed by atoms with E-state index in [2.05, 4.69) is 4.98 Å². The molecule has 0 aliphatic heterocycles. The van der Waals surface area contributed by atoms with Gasteiger partial charge in [0, 0.05) is 0 Å². The SMILES string of the molecule is Cc1ccc(Oc2nc(N)c(Cl)cc2Cl)c(C)c1. The normalized spacial score (nSPS) is 10.4. The van der Waals surface area contributed by atoms with Gasteiger partial charge in [0.15, 0.2) is 0 Å². The number of aromatic nitrogens is 1. The van der Waals surface area contributed by atoms with Gasteiger partial charge < -0.3 is 10.5 Å². The average Bonchev–Trinajstić information content (AvgIpc) is 2.29. The van der Waals surface area contributed by atoms with Crippen LogP contribution < -0.4 is 10.5 Å². The molecule has 0 fully saturated rings. The summed E-state index contributed by atoms with van der Waals surface area (Å²) in [6, 6.07) is 7.36. The molecule has 0 saturated carbocycles. The maximum absolute atomic E-state index is 6.01. The second-order valence-electron chi connectivity index (χ2n) is 4.01. The quantitative estimate of drug-likeness (QED) is 0.889. The first-order valence-electron chi connectivity index (χ1n) is 5.34. The molecule has 18 heavy (non-hydrogen) atoms. The van der Waals surface area contributed by atoms with Crippen molar-refractivity contribution in [1.82, 2.24) is 4.98 Å². The summed E-state index contributed by atoms with van der Waals surface area (Å²) in [6.45, 7) is 3.97. The van der Waals surface area contributed by atoms with E-state index >= 15 is 0 Å². The summed E-state index contributed by atoms with van der Waals surface area (Å²) >= 11 is 11.8. The monoisotopic (exact) mass is 282 g/mol. The summed E-state index contributed by atoms with van der Waals surface area (Å²) in [5.41, 5.74) is 7.79. The summed E-state index contributed by atoms with van der Waals surface area (Å²) in [6.07, 6.45) is 0. The molecule has 0 saturated heterocycles. The number of nitrogens with zero attached hydrogens (tertiary/aromatic N) is 1. The molecule has 0 aliphatic carbocycles. The highest BCUT2D eigenvalue weighted by molar-refractivity contribution is 6.36. The number of hydrogen-bond donors (Lipinski definition) is 1. The second kappa shape index (κ2) is 5.04. The molecule has 2 N–H and O–H groups in total. The number of rotatable bonds is 2. The number of hydrogen-bond acceptors (Lipinski definition) is 3. The van der Waals surface area contributed by atoms with Gasteiger partial charge in [0.25, 0.3) is 0 Å². The van der Waals surface area contributed by atoms with Gasteiger partial charge in [-0.25, -0.2) is 0 Å². The van der Waals surface area contributed by atoms with Crippen LogP contribution in [-0.4, -0.2) is 4.98 Å². The number of pyridine rings is 1. The zero-order valence-electron chi connectivity index (χ0n) is 10.00. The summed E-state index contributed by atoms with van der Waals surface area (Å²) in [7, 11) is 0. The lowest BCUT2D eigenvalue weighted by Gasteiger charge is -2.10. The minimum absolute atomic E-state index is 0.195. The van der Waals surface area contributed by atoms with Gasteiger partial charge in [-0.05, 0) is 31.5 Å². The van der Waals surface area contributed by atoms with E-state index < -0.39 is 0 Å². The Balaban J connectivity index is 2.37. The molecule has 0 amide bonds. The largest absolute Gasteiger partial charge is 0.437 e. The molecule has 0 radical (unpaired) electrons. The van der Waals surface area contributed by atoms with Gasteiger partial charge in [-0.1, -0.05) is 40.9 Å². The number of nitrogen functional groups attached to an aromatic ring is 1. The van der Waals surface area contributed by atoms with Crippen molar-refractivity contribution in [3.05, 3.63) is 45.4 Å². The van der Waals surface area contributed by atoms with Crippen molar-refractivity contribution in [2.24, 2.45) is 0 Å². The zero-order chi connectivity index (χ0) is 13.3. The van der Waals surface area contributed by atoms with Crippen molar-refractivity contribution in [3.8, 4) is 11.6 Å². The topological polar surface area (TPSA) is 48.1 Å². The van der Waals surface area contributed by atoms with E-state index in [-0.39, 0.29) is 11.7 Å². The lowest BCUT2D eigenvalue weighted by molar-refractivity contribution is 0.460. The number of ether oxygens (including phenoxy) is 1. The summed E-state index contributed by atoms with van der Waals surface area (Å²) < 4.78 is 5.65. The van der Waals surface area contributed by atoms with Crippen LogP contribution in [0.5, 0.6) is 11.6 Å². The van der Waals surface area contributed by atoms with Crippen molar-refractivity contribution >= 4 is 29.0 Å². The smallest absolute Gasteiger partial charge is 0.240 e. The third-order valence-electron chi connectivity index (χ3n) is 2.46. The van der Waals surface area contributed by atoms with E-state index in [0.717, 1.165) is 11.1 Å². The van der Waals surface area contributed by atoms with Crippen LogP contribution in [-0.2, 0) is 0 Å². The van der Waals surface area contributed by atoms with E-state index in [0.29, 0.717) is 15.8 Å². The van der Waals surface area contributed by atoms with Crippen LogP contribution in [0.1, 0.15) is 11.1 Å². The Bertz CT molecular complexity index is 600. The molecule has 2 aromatic rings. The van der Waals surface area contributed by atoms with Crippen molar-refractivity contribution < 1.29 is 4.74 Å². The lowest BCUT2D eigenvalue weighted by atomic mass is 10.1. The van der Waals surface area contributed by atoms with Crippen molar-refractivity contribution in [1.29, 1.82) is 0 Å². The molecule has 94 valence electrons. The average molecular weight is 283 g/mol. The van der Waals surface area contributed by atoms with Gasteiger partial charge in [-0.15, -0.1) is 0 Å². The van der Waals surface area contributed by atoms with E-state index in [9.17, 15) is 0 Å². The Kier molecular flexibility index (Phi) is 3.64. The minimum Gasteiger partial charge on any atom is -0.437 e. The highest BCUT2D eigenvalue weighted by Crippen LogP contribution is 2.33. The highest BCUT2D eigenvalue weighted by atomic mass is 35.5. The first-order valence-corrected chi connectivity index (χ1v) is 6.09. The Morgan fingerprint density at radius 1 is 1.11 bits per heavy atom. The van der Waals surface area contributed by atoms with Gasteiger partial charge in [-0.3, -0.25) is 0 Å². The maximum Gasteiger partial charge on any atom is 0.240 e. The number of halogens is 2. The zero-order valence-corrected chi connectivity index (χ0v) is 11.5. The predicted octanol–water partition coefficient (Wildman–Crippen LogP) is 4.38. The molecule has 5 heteroatoms. The van der Waals surface area contributed by atoms with Crippen LogP contribution in [0.4, 0.5) is 5.82 Å². The van der Waals surface area contributed by atoms with Gasteiger partial charge in [0.05, 0.1) is 5.02 Å². The summed E-state index contributed by atoms with van der Waals surface area (Å²) in [5, 5.41) is 0.641. The highest BCUT2D eigenvalue weighted by Gasteiger charge is 2.10. The second-order valence-corrected chi connectivity index (χ2v) is 4.83. The molecule has 0 bridgehead atoms. The van der Waals surface area contributed by atoms with E-state index in [1.165, 1.54) is 6.07 Å². The first kappa shape index (κ1) is 13.0. The molecule has 3 nitrogen and oxygen atoms in total. The molecule has 1 heterocycles. The standard InChI is InChI=1S/C13H12Cl2N2O/c1-7-3-4-11(8(2)5-7)18-13-10(15)6-9(14)12(16)17-13/h3-6H,1-2H3,(H2,16,17). The van der Waals surface area contributed by atoms with Crippen molar-refractivity contribution in [2.45, 2.75) is 13.8 Å². The van der Waals surface area contributed by atoms with Gasteiger partial charge >= 0.3 is 0 Å². The number of benzene rings is 1. The summed E-state index contributed by atoms with van der Waals surface area (Å²) in [5.74, 6) is 1.14. The van der Waals surface area contributed by atoms with Crippen LogP contribution in [0.15, 0.2) is 24.3 Å². The minimum atomic E-state index is 0.195. The first-order chi connectivity index (χ1) is 8.47. The fraction of sp³-hybridized carbons (Fsp3) is 0.154. The molecular weight excluding hydrogens is 271 g/mol. The number of anilines is 1. The molecule has 1 aromatic carbocycles. The Hall–Kier alpha value is -1.45. The van der Waals surface area contributed by atoms with Crippen LogP contribution in [0.25, 0.3) is 0 Å².